The van der Waals surface area contributed by atoms with Gasteiger partial charge in [0.15, 0.2) is 5.58 Å². The van der Waals surface area contributed by atoms with Crippen molar-refractivity contribution in [2.45, 2.75) is 71.4 Å². The summed E-state index contributed by atoms with van der Waals surface area (Å²) in [6, 6.07) is 11.3. The Balaban J connectivity index is 1.66. The molecule has 2 aliphatic rings. The van der Waals surface area contributed by atoms with Crippen LogP contribution in [0.3, 0.4) is 0 Å². The molecule has 0 radical (unpaired) electrons. The Morgan fingerprint density at radius 2 is 1.73 bits per heavy atom. The van der Waals surface area contributed by atoms with Crippen LogP contribution in [0.15, 0.2) is 47.1 Å². The first-order valence-corrected chi connectivity index (χ1v) is 12.1. The number of pyridine rings is 1. The average Bonchev–Trinajstić information content (AvgIpc) is 3.28. The number of hydrogen-bond acceptors (Lipinski definition) is 4. The van der Waals surface area contributed by atoms with Crippen molar-refractivity contribution in [2.75, 3.05) is 11.9 Å². The number of anilines is 1. The lowest BCUT2D eigenvalue weighted by Crippen LogP contribution is -2.34. The first kappa shape index (κ1) is 20.6. The fraction of sp³-hybridized carbons (Fsp3) is 0.414. The molecule has 0 spiro atoms. The van der Waals surface area contributed by atoms with E-state index in [1.54, 1.807) is 0 Å². The maximum absolute atomic E-state index is 6.57. The SMILES string of the molecule is Cc1ccc2c(oc3nc4c5c(ccc4cc32)C(C)(C)CCC5(C)C)c1N1C=CN(C)[C@@H]1C. The highest BCUT2D eigenvalue weighted by Gasteiger charge is 2.39. The summed E-state index contributed by atoms with van der Waals surface area (Å²) in [4.78, 5) is 9.72. The van der Waals surface area contributed by atoms with E-state index in [0.29, 0.717) is 0 Å². The molecule has 1 aliphatic heterocycles. The van der Waals surface area contributed by atoms with Gasteiger partial charge in [0.1, 0.15) is 6.17 Å². The molecule has 0 fully saturated rings. The summed E-state index contributed by atoms with van der Waals surface area (Å²) >= 11 is 0. The molecule has 0 amide bonds. The summed E-state index contributed by atoms with van der Waals surface area (Å²) < 4.78 is 6.57. The standard InChI is InChI=1S/C29H33N3O/c1-17-8-10-20-21-16-19-9-11-22-23(29(5,6)13-12-28(22,3)4)24(19)30-27(21)33-26(20)25(17)32-15-14-31(7)18(32)2/h8-11,14-16,18H,12-13H2,1-7H3/t18-/m0/s1. The fourth-order valence-electron chi connectivity index (χ4n) is 5.91. The molecule has 4 nitrogen and oxygen atoms in total. The van der Waals surface area contributed by atoms with Crippen LogP contribution in [-0.2, 0) is 10.8 Å². The smallest absolute Gasteiger partial charge is 0.228 e. The summed E-state index contributed by atoms with van der Waals surface area (Å²) in [6.45, 7) is 13.8. The van der Waals surface area contributed by atoms with Crippen LogP contribution in [0.5, 0.6) is 0 Å². The molecule has 6 rings (SSSR count). The van der Waals surface area contributed by atoms with E-state index < -0.39 is 0 Å². The quantitative estimate of drug-likeness (QED) is 0.310. The van der Waals surface area contributed by atoms with Gasteiger partial charge in [-0.15, -0.1) is 0 Å². The van der Waals surface area contributed by atoms with Crippen LogP contribution in [0.2, 0.25) is 0 Å². The van der Waals surface area contributed by atoms with Crippen molar-refractivity contribution in [1.82, 2.24) is 9.88 Å². The van der Waals surface area contributed by atoms with Gasteiger partial charge >= 0.3 is 0 Å². The van der Waals surface area contributed by atoms with Gasteiger partial charge in [-0.1, -0.05) is 52.0 Å². The lowest BCUT2D eigenvalue weighted by atomic mass is 9.62. The Kier molecular flexibility index (Phi) is 4.07. The van der Waals surface area contributed by atoms with Gasteiger partial charge in [-0.3, -0.25) is 0 Å². The van der Waals surface area contributed by atoms with Gasteiger partial charge in [0.05, 0.1) is 11.2 Å². The molecule has 4 aromatic rings. The van der Waals surface area contributed by atoms with Crippen LogP contribution < -0.4 is 4.90 Å². The molecule has 0 unspecified atom stereocenters. The maximum Gasteiger partial charge on any atom is 0.228 e. The van der Waals surface area contributed by atoms with E-state index in [0.717, 1.165) is 33.3 Å². The van der Waals surface area contributed by atoms with Crippen LogP contribution >= 0.6 is 0 Å². The number of hydrogen-bond donors (Lipinski definition) is 0. The van der Waals surface area contributed by atoms with Crippen LogP contribution in [-0.4, -0.2) is 23.1 Å². The molecular weight excluding hydrogens is 406 g/mol. The monoisotopic (exact) mass is 439 g/mol. The van der Waals surface area contributed by atoms with Crippen molar-refractivity contribution >= 4 is 38.7 Å². The number of fused-ring (bicyclic) bond motifs is 6. The second kappa shape index (κ2) is 6.53. The molecular formula is C29H33N3O. The van der Waals surface area contributed by atoms with Crippen molar-refractivity contribution in [3.05, 3.63) is 59.4 Å². The van der Waals surface area contributed by atoms with Crippen molar-refractivity contribution in [2.24, 2.45) is 0 Å². The lowest BCUT2D eigenvalue weighted by molar-refractivity contribution is 0.334. The molecule has 0 N–H and O–H groups in total. The normalized spacial score (nSPS) is 21.5. The third kappa shape index (κ3) is 2.79. The maximum atomic E-state index is 6.57. The van der Waals surface area contributed by atoms with Crippen molar-refractivity contribution < 1.29 is 4.42 Å². The van der Waals surface area contributed by atoms with Gasteiger partial charge in [-0.05, 0) is 60.3 Å². The third-order valence-electron chi connectivity index (χ3n) is 8.27. The van der Waals surface area contributed by atoms with E-state index in [2.05, 4.69) is 101 Å². The number of benzene rings is 2. The van der Waals surface area contributed by atoms with Crippen molar-refractivity contribution in [3.63, 3.8) is 0 Å². The predicted molar refractivity (Wildman–Crippen MR) is 138 cm³/mol. The molecule has 4 heteroatoms. The van der Waals surface area contributed by atoms with E-state index in [-0.39, 0.29) is 17.0 Å². The van der Waals surface area contributed by atoms with Crippen LogP contribution in [0, 0.1) is 6.92 Å². The minimum Gasteiger partial charge on any atom is -0.435 e. The first-order valence-electron chi connectivity index (χ1n) is 12.1. The molecule has 3 heterocycles. The van der Waals surface area contributed by atoms with Gasteiger partial charge < -0.3 is 14.2 Å². The topological polar surface area (TPSA) is 32.5 Å². The van der Waals surface area contributed by atoms with Crippen LogP contribution in [0.25, 0.3) is 33.0 Å². The number of nitrogens with zero attached hydrogens (tertiary/aromatic N) is 3. The highest BCUT2D eigenvalue weighted by molar-refractivity contribution is 6.11. The van der Waals surface area contributed by atoms with Crippen molar-refractivity contribution in [3.8, 4) is 0 Å². The second-order valence-electron chi connectivity index (χ2n) is 11.4. The van der Waals surface area contributed by atoms with Gasteiger partial charge in [-0.25, -0.2) is 4.98 Å². The predicted octanol–water partition coefficient (Wildman–Crippen LogP) is 7.36. The molecule has 1 aliphatic carbocycles. The van der Waals surface area contributed by atoms with E-state index in [1.807, 2.05) is 0 Å². The number of aryl methyl sites for hydroxylation is 1. The fourth-order valence-corrected chi connectivity index (χ4v) is 5.91. The summed E-state index contributed by atoms with van der Waals surface area (Å²) in [7, 11) is 2.11. The van der Waals surface area contributed by atoms with Crippen molar-refractivity contribution in [1.29, 1.82) is 0 Å². The summed E-state index contributed by atoms with van der Waals surface area (Å²) in [5.74, 6) is 0. The lowest BCUT2D eigenvalue weighted by Gasteiger charge is -2.42. The minimum atomic E-state index is 0.0964. The Morgan fingerprint density at radius 3 is 2.45 bits per heavy atom. The molecule has 0 saturated carbocycles. The number of rotatable bonds is 1. The molecule has 33 heavy (non-hydrogen) atoms. The summed E-state index contributed by atoms with van der Waals surface area (Å²) in [5.41, 5.74) is 8.19. The van der Waals surface area contributed by atoms with Gasteiger partial charge in [0.2, 0.25) is 5.71 Å². The summed E-state index contributed by atoms with van der Waals surface area (Å²) in [6.07, 6.45) is 6.87. The van der Waals surface area contributed by atoms with E-state index in [1.165, 1.54) is 34.9 Å². The molecule has 2 aromatic heterocycles. The molecule has 0 saturated heterocycles. The van der Waals surface area contributed by atoms with Crippen LogP contribution in [0.4, 0.5) is 5.69 Å². The summed E-state index contributed by atoms with van der Waals surface area (Å²) in [5, 5.41) is 3.43. The van der Waals surface area contributed by atoms with Gasteiger partial charge in [0.25, 0.3) is 0 Å². The van der Waals surface area contributed by atoms with Gasteiger partial charge in [-0.2, -0.15) is 0 Å². The Hall–Kier alpha value is -3.01. The molecule has 1 atom stereocenters. The Bertz CT molecular complexity index is 1470. The van der Waals surface area contributed by atoms with E-state index in [4.69, 9.17) is 9.40 Å². The molecule has 170 valence electrons. The third-order valence-corrected chi connectivity index (χ3v) is 8.27. The second-order valence-corrected chi connectivity index (χ2v) is 11.4. The van der Waals surface area contributed by atoms with E-state index in [9.17, 15) is 0 Å². The number of aromatic nitrogens is 1. The zero-order valence-corrected chi connectivity index (χ0v) is 20.8. The zero-order chi connectivity index (χ0) is 23.3. The number of furan rings is 1. The molecule has 0 bridgehead atoms. The average molecular weight is 440 g/mol. The van der Waals surface area contributed by atoms with Crippen LogP contribution in [0.1, 0.15) is 64.2 Å². The van der Waals surface area contributed by atoms with Gasteiger partial charge in [0, 0.05) is 35.6 Å². The largest absolute Gasteiger partial charge is 0.435 e. The van der Waals surface area contributed by atoms with E-state index >= 15 is 0 Å². The zero-order valence-electron chi connectivity index (χ0n) is 20.8. The highest BCUT2D eigenvalue weighted by atomic mass is 16.3. The molecule has 2 aromatic carbocycles. The minimum absolute atomic E-state index is 0.0964. The highest BCUT2D eigenvalue weighted by Crippen LogP contribution is 2.49. The Labute approximate surface area is 195 Å². The Morgan fingerprint density at radius 1 is 0.970 bits per heavy atom. The first-order chi connectivity index (χ1) is 15.6.